The van der Waals surface area contributed by atoms with E-state index < -0.39 is 0 Å². The molecule has 1 heterocycles. The first-order chi connectivity index (χ1) is 8.19. The summed E-state index contributed by atoms with van der Waals surface area (Å²) in [6, 6.07) is 5.64. The minimum Gasteiger partial charge on any atom is -0.394 e. The Hall–Kier alpha value is -0.770. The molecule has 2 atom stereocenters. The number of anilines is 1. The fourth-order valence-corrected chi connectivity index (χ4v) is 2.88. The predicted molar refractivity (Wildman–Crippen MR) is 69.4 cm³/mol. The number of nitrogens with zero attached hydrogens (tertiary/aromatic N) is 1. The SMILES string of the molecule is CC1CCN(c2c(Cl)cccc2CO)C1CO. The summed E-state index contributed by atoms with van der Waals surface area (Å²) in [6.07, 6.45) is 1.04. The van der Waals surface area contributed by atoms with Crippen LogP contribution >= 0.6 is 11.6 Å². The molecular weight excluding hydrogens is 238 g/mol. The molecule has 1 aromatic carbocycles. The number of benzene rings is 1. The molecule has 1 fully saturated rings. The second-order valence-corrected chi connectivity index (χ2v) is 5.02. The first kappa shape index (κ1) is 12.7. The summed E-state index contributed by atoms with van der Waals surface area (Å²) in [5.41, 5.74) is 1.70. The van der Waals surface area contributed by atoms with Crippen LogP contribution in [0.15, 0.2) is 18.2 Å². The maximum absolute atomic E-state index is 9.48. The largest absolute Gasteiger partial charge is 0.394 e. The Kier molecular flexibility index (Phi) is 3.92. The normalized spacial score (nSPS) is 24.4. The highest BCUT2D eigenvalue weighted by Crippen LogP contribution is 2.36. The first-order valence-electron chi connectivity index (χ1n) is 5.94. The number of hydrogen-bond donors (Lipinski definition) is 2. The van der Waals surface area contributed by atoms with E-state index in [1.165, 1.54) is 0 Å². The van der Waals surface area contributed by atoms with E-state index in [0.29, 0.717) is 10.9 Å². The number of halogens is 1. The van der Waals surface area contributed by atoms with Crippen molar-refractivity contribution in [2.45, 2.75) is 26.0 Å². The molecule has 4 heteroatoms. The summed E-state index contributed by atoms with van der Waals surface area (Å²) in [6.45, 7) is 3.11. The van der Waals surface area contributed by atoms with Gasteiger partial charge in [-0.3, -0.25) is 0 Å². The lowest BCUT2D eigenvalue weighted by molar-refractivity contribution is 0.243. The van der Waals surface area contributed by atoms with Crippen LogP contribution in [0, 0.1) is 5.92 Å². The average molecular weight is 256 g/mol. The molecule has 0 bridgehead atoms. The molecule has 0 radical (unpaired) electrons. The van der Waals surface area contributed by atoms with Crippen molar-refractivity contribution >= 4 is 17.3 Å². The molecule has 2 unspecified atom stereocenters. The van der Waals surface area contributed by atoms with Crippen LogP contribution in [-0.4, -0.2) is 29.4 Å². The molecule has 0 saturated carbocycles. The van der Waals surface area contributed by atoms with Gasteiger partial charge in [0.2, 0.25) is 0 Å². The van der Waals surface area contributed by atoms with Crippen molar-refractivity contribution < 1.29 is 10.2 Å². The van der Waals surface area contributed by atoms with Crippen LogP contribution in [0.3, 0.4) is 0 Å². The summed E-state index contributed by atoms with van der Waals surface area (Å²) in [5, 5.41) is 19.5. The molecule has 1 saturated heterocycles. The Morgan fingerprint density at radius 2 is 2.18 bits per heavy atom. The van der Waals surface area contributed by atoms with Crippen molar-refractivity contribution in [1.29, 1.82) is 0 Å². The maximum atomic E-state index is 9.48. The lowest BCUT2D eigenvalue weighted by Crippen LogP contribution is -2.36. The Morgan fingerprint density at radius 1 is 1.41 bits per heavy atom. The molecule has 1 aliphatic heterocycles. The zero-order valence-corrected chi connectivity index (χ0v) is 10.7. The van der Waals surface area contributed by atoms with Crippen molar-refractivity contribution in [2.24, 2.45) is 5.92 Å². The van der Waals surface area contributed by atoms with Crippen LogP contribution in [0.25, 0.3) is 0 Å². The second kappa shape index (κ2) is 5.25. The van der Waals surface area contributed by atoms with Crippen LogP contribution in [0.2, 0.25) is 5.02 Å². The molecule has 0 spiro atoms. The van der Waals surface area contributed by atoms with Gasteiger partial charge in [-0.2, -0.15) is 0 Å². The molecule has 0 aliphatic carbocycles. The highest BCUT2D eigenvalue weighted by molar-refractivity contribution is 6.33. The molecule has 2 N–H and O–H groups in total. The monoisotopic (exact) mass is 255 g/mol. The minimum atomic E-state index is -0.0288. The molecule has 0 aromatic heterocycles. The molecule has 0 amide bonds. The summed E-state index contributed by atoms with van der Waals surface area (Å²) in [4.78, 5) is 2.12. The molecule has 3 nitrogen and oxygen atoms in total. The molecule has 17 heavy (non-hydrogen) atoms. The highest BCUT2D eigenvalue weighted by atomic mass is 35.5. The number of aliphatic hydroxyl groups is 2. The second-order valence-electron chi connectivity index (χ2n) is 4.61. The topological polar surface area (TPSA) is 43.7 Å². The number of para-hydroxylation sites is 1. The molecular formula is C13H18ClNO2. The van der Waals surface area contributed by atoms with Crippen LogP contribution in [0.4, 0.5) is 5.69 Å². The van der Waals surface area contributed by atoms with Crippen molar-refractivity contribution in [3.8, 4) is 0 Å². The summed E-state index contributed by atoms with van der Waals surface area (Å²) < 4.78 is 0. The average Bonchev–Trinajstić information content (AvgIpc) is 2.69. The molecule has 1 aromatic rings. The van der Waals surface area contributed by atoms with Gasteiger partial charge in [0, 0.05) is 12.1 Å². The van der Waals surface area contributed by atoms with E-state index in [-0.39, 0.29) is 19.3 Å². The number of hydrogen-bond acceptors (Lipinski definition) is 3. The fourth-order valence-electron chi connectivity index (χ4n) is 2.57. The number of rotatable bonds is 3. The summed E-state index contributed by atoms with van der Waals surface area (Å²) in [5.74, 6) is 0.447. The van der Waals surface area contributed by atoms with E-state index >= 15 is 0 Å². The third-order valence-electron chi connectivity index (χ3n) is 3.60. The van der Waals surface area contributed by atoms with Gasteiger partial charge in [0.05, 0.1) is 30.0 Å². The van der Waals surface area contributed by atoms with Crippen molar-refractivity contribution in [1.82, 2.24) is 0 Å². The summed E-state index contributed by atoms with van der Waals surface area (Å²) >= 11 is 6.22. The third kappa shape index (κ3) is 2.28. The van der Waals surface area contributed by atoms with Gasteiger partial charge in [0.1, 0.15) is 0 Å². The van der Waals surface area contributed by atoms with Gasteiger partial charge < -0.3 is 15.1 Å². The van der Waals surface area contributed by atoms with Crippen molar-refractivity contribution in [2.75, 3.05) is 18.1 Å². The van der Waals surface area contributed by atoms with Gasteiger partial charge in [0.25, 0.3) is 0 Å². The quantitative estimate of drug-likeness (QED) is 0.869. The third-order valence-corrected chi connectivity index (χ3v) is 3.90. The lowest BCUT2D eigenvalue weighted by Gasteiger charge is -2.29. The van der Waals surface area contributed by atoms with Crippen molar-refractivity contribution in [3.63, 3.8) is 0 Å². The van der Waals surface area contributed by atoms with Crippen molar-refractivity contribution in [3.05, 3.63) is 28.8 Å². The lowest BCUT2D eigenvalue weighted by atomic mass is 10.0. The maximum Gasteiger partial charge on any atom is 0.0702 e. The van der Waals surface area contributed by atoms with E-state index in [1.807, 2.05) is 18.2 Å². The zero-order valence-electron chi connectivity index (χ0n) is 9.93. The standard InChI is InChI=1S/C13H18ClNO2/c1-9-5-6-15(12(9)8-17)13-10(7-16)3-2-4-11(13)14/h2-4,9,12,16-17H,5-8H2,1H3. The van der Waals surface area contributed by atoms with Gasteiger partial charge in [-0.05, 0) is 18.4 Å². The van der Waals surface area contributed by atoms with Crippen LogP contribution < -0.4 is 4.90 Å². The zero-order chi connectivity index (χ0) is 12.4. The summed E-state index contributed by atoms with van der Waals surface area (Å²) in [7, 11) is 0. The molecule has 1 aliphatic rings. The van der Waals surface area contributed by atoms with Gasteiger partial charge in [-0.1, -0.05) is 30.7 Å². The Balaban J connectivity index is 2.39. The smallest absolute Gasteiger partial charge is 0.0702 e. The Morgan fingerprint density at radius 3 is 2.82 bits per heavy atom. The molecule has 94 valence electrons. The number of aliphatic hydroxyl groups excluding tert-OH is 2. The molecule has 2 rings (SSSR count). The minimum absolute atomic E-state index is 0.0288. The van der Waals surface area contributed by atoms with E-state index in [9.17, 15) is 10.2 Å². The van der Waals surface area contributed by atoms with Crippen LogP contribution in [0.1, 0.15) is 18.9 Å². The fraction of sp³-hybridized carbons (Fsp3) is 0.538. The van der Waals surface area contributed by atoms with Crippen LogP contribution in [-0.2, 0) is 6.61 Å². The predicted octanol–water partition coefficient (Wildman–Crippen LogP) is 2.04. The Labute approximate surface area is 107 Å². The van der Waals surface area contributed by atoms with Crippen LogP contribution in [0.5, 0.6) is 0 Å². The van der Waals surface area contributed by atoms with E-state index in [0.717, 1.165) is 24.2 Å². The van der Waals surface area contributed by atoms with Gasteiger partial charge in [0.15, 0.2) is 0 Å². The van der Waals surface area contributed by atoms with E-state index in [1.54, 1.807) is 0 Å². The highest BCUT2D eigenvalue weighted by Gasteiger charge is 2.32. The van der Waals surface area contributed by atoms with Gasteiger partial charge in [-0.15, -0.1) is 0 Å². The van der Waals surface area contributed by atoms with Gasteiger partial charge >= 0.3 is 0 Å². The van der Waals surface area contributed by atoms with E-state index in [4.69, 9.17) is 11.6 Å². The van der Waals surface area contributed by atoms with Gasteiger partial charge in [-0.25, -0.2) is 0 Å². The first-order valence-corrected chi connectivity index (χ1v) is 6.32. The van der Waals surface area contributed by atoms with E-state index in [2.05, 4.69) is 11.8 Å². The Bertz CT molecular complexity index is 397.